The number of anilines is 1. The zero-order chi connectivity index (χ0) is 17.2. The SMILES string of the molecule is CCCS(=O)(=O)N1CCC(Nc2ccnc3cc(Cl)ccc23)CC1. The highest BCUT2D eigenvalue weighted by Crippen LogP contribution is 2.27. The van der Waals surface area contributed by atoms with Crippen LogP contribution in [0.2, 0.25) is 5.02 Å². The molecule has 2 aromatic rings. The first-order valence-corrected chi connectivity index (χ1v) is 10.3. The van der Waals surface area contributed by atoms with E-state index in [-0.39, 0.29) is 11.8 Å². The van der Waals surface area contributed by atoms with Gasteiger partial charge in [0.2, 0.25) is 10.0 Å². The van der Waals surface area contributed by atoms with Crippen LogP contribution in [0.25, 0.3) is 10.9 Å². The smallest absolute Gasteiger partial charge is 0.214 e. The zero-order valence-electron chi connectivity index (χ0n) is 13.7. The van der Waals surface area contributed by atoms with E-state index in [0.717, 1.165) is 29.4 Å². The Labute approximate surface area is 148 Å². The molecule has 0 saturated carbocycles. The summed E-state index contributed by atoms with van der Waals surface area (Å²) in [4.78, 5) is 4.35. The van der Waals surface area contributed by atoms with Gasteiger partial charge in [-0.15, -0.1) is 0 Å². The molecule has 130 valence electrons. The summed E-state index contributed by atoms with van der Waals surface area (Å²) < 4.78 is 25.9. The van der Waals surface area contributed by atoms with Crippen LogP contribution >= 0.6 is 11.6 Å². The van der Waals surface area contributed by atoms with Crippen molar-refractivity contribution >= 4 is 38.2 Å². The summed E-state index contributed by atoms with van der Waals surface area (Å²) in [6.45, 7) is 3.05. The van der Waals surface area contributed by atoms with E-state index in [1.165, 1.54) is 0 Å². The number of aromatic nitrogens is 1. The molecule has 0 spiro atoms. The highest BCUT2D eigenvalue weighted by Gasteiger charge is 2.27. The Morgan fingerprint density at radius 3 is 2.75 bits per heavy atom. The van der Waals surface area contributed by atoms with Crippen LogP contribution in [0.4, 0.5) is 5.69 Å². The van der Waals surface area contributed by atoms with Crippen molar-refractivity contribution in [2.45, 2.75) is 32.2 Å². The Hall–Kier alpha value is -1.37. The van der Waals surface area contributed by atoms with Crippen LogP contribution in [0.1, 0.15) is 26.2 Å². The van der Waals surface area contributed by atoms with Crippen molar-refractivity contribution in [3.8, 4) is 0 Å². The molecule has 0 aliphatic carbocycles. The highest BCUT2D eigenvalue weighted by molar-refractivity contribution is 7.89. The number of nitrogens with zero attached hydrogens (tertiary/aromatic N) is 2. The van der Waals surface area contributed by atoms with Crippen molar-refractivity contribution in [1.82, 2.24) is 9.29 Å². The molecule has 1 fully saturated rings. The summed E-state index contributed by atoms with van der Waals surface area (Å²) in [5, 5.41) is 5.24. The fourth-order valence-electron chi connectivity index (χ4n) is 3.13. The lowest BCUT2D eigenvalue weighted by molar-refractivity contribution is 0.329. The van der Waals surface area contributed by atoms with Gasteiger partial charge in [-0.05, 0) is 43.5 Å². The van der Waals surface area contributed by atoms with E-state index >= 15 is 0 Å². The van der Waals surface area contributed by atoms with Crippen molar-refractivity contribution in [3.05, 3.63) is 35.5 Å². The normalized spacial score (nSPS) is 17.2. The van der Waals surface area contributed by atoms with Gasteiger partial charge in [0.05, 0.1) is 11.3 Å². The van der Waals surface area contributed by atoms with Gasteiger partial charge in [0.25, 0.3) is 0 Å². The summed E-state index contributed by atoms with van der Waals surface area (Å²) in [6, 6.07) is 7.89. The Morgan fingerprint density at radius 1 is 1.29 bits per heavy atom. The van der Waals surface area contributed by atoms with Gasteiger partial charge in [0, 0.05) is 41.4 Å². The molecule has 1 N–H and O–H groups in total. The molecule has 7 heteroatoms. The van der Waals surface area contributed by atoms with Gasteiger partial charge >= 0.3 is 0 Å². The van der Waals surface area contributed by atoms with E-state index in [2.05, 4.69) is 10.3 Å². The molecular formula is C17H22ClN3O2S. The van der Waals surface area contributed by atoms with E-state index < -0.39 is 10.0 Å². The van der Waals surface area contributed by atoms with Crippen LogP contribution in [0.5, 0.6) is 0 Å². The quantitative estimate of drug-likeness (QED) is 0.878. The second kappa shape index (κ2) is 7.25. The molecule has 0 unspecified atom stereocenters. The largest absolute Gasteiger partial charge is 0.382 e. The highest BCUT2D eigenvalue weighted by atomic mass is 35.5. The van der Waals surface area contributed by atoms with Gasteiger partial charge in [-0.1, -0.05) is 18.5 Å². The second-order valence-corrected chi connectivity index (χ2v) is 8.68. The molecule has 0 radical (unpaired) electrons. The predicted molar refractivity (Wildman–Crippen MR) is 99.0 cm³/mol. The van der Waals surface area contributed by atoms with E-state index in [4.69, 9.17) is 11.6 Å². The van der Waals surface area contributed by atoms with Gasteiger partial charge in [-0.25, -0.2) is 12.7 Å². The molecule has 2 heterocycles. The summed E-state index contributed by atoms with van der Waals surface area (Å²) >= 11 is 6.02. The van der Waals surface area contributed by atoms with Crippen molar-refractivity contribution < 1.29 is 8.42 Å². The van der Waals surface area contributed by atoms with Gasteiger partial charge < -0.3 is 5.32 Å². The minimum Gasteiger partial charge on any atom is -0.382 e. The molecule has 1 aromatic carbocycles. The van der Waals surface area contributed by atoms with E-state index in [1.807, 2.05) is 31.2 Å². The van der Waals surface area contributed by atoms with Gasteiger partial charge in [0.15, 0.2) is 0 Å². The van der Waals surface area contributed by atoms with Crippen LogP contribution in [0.15, 0.2) is 30.5 Å². The van der Waals surface area contributed by atoms with Gasteiger partial charge in [0.1, 0.15) is 0 Å². The molecule has 1 aromatic heterocycles. The van der Waals surface area contributed by atoms with Crippen molar-refractivity contribution in [2.75, 3.05) is 24.2 Å². The summed E-state index contributed by atoms with van der Waals surface area (Å²) in [5.74, 6) is 0.237. The number of fused-ring (bicyclic) bond motifs is 1. The number of hydrogen-bond acceptors (Lipinski definition) is 4. The van der Waals surface area contributed by atoms with Crippen LogP contribution in [-0.2, 0) is 10.0 Å². The zero-order valence-corrected chi connectivity index (χ0v) is 15.3. The third-order valence-corrected chi connectivity index (χ3v) is 6.68. The monoisotopic (exact) mass is 367 g/mol. The Bertz CT molecular complexity index is 818. The van der Waals surface area contributed by atoms with Crippen molar-refractivity contribution in [1.29, 1.82) is 0 Å². The Morgan fingerprint density at radius 2 is 2.04 bits per heavy atom. The number of rotatable bonds is 5. The fourth-order valence-corrected chi connectivity index (χ4v) is 4.84. The third kappa shape index (κ3) is 3.82. The molecule has 0 amide bonds. The fraction of sp³-hybridized carbons (Fsp3) is 0.471. The molecule has 1 saturated heterocycles. The first-order valence-electron chi connectivity index (χ1n) is 8.28. The standard InChI is InChI=1S/C17H22ClN3O2S/c1-2-11-24(22,23)21-9-6-14(7-10-21)20-16-5-8-19-17-12-13(18)3-4-15(16)17/h3-5,8,12,14H,2,6-7,9-11H2,1H3,(H,19,20). The number of hydrogen-bond donors (Lipinski definition) is 1. The van der Waals surface area contributed by atoms with Crippen LogP contribution < -0.4 is 5.32 Å². The van der Waals surface area contributed by atoms with E-state index in [0.29, 0.717) is 24.5 Å². The number of benzene rings is 1. The van der Waals surface area contributed by atoms with Crippen LogP contribution in [-0.4, -0.2) is 42.6 Å². The lowest BCUT2D eigenvalue weighted by Gasteiger charge is -2.32. The number of nitrogens with one attached hydrogen (secondary N) is 1. The first kappa shape index (κ1) is 17.5. The predicted octanol–water partition coefficient (Wildman–Crippen LogP) is 3.50. The molecule has 0 atom stereocenters. The first-order chi connectivity index (χ1) is 11.5. The average molecular weight is 368 g/mol. The maximum atomic E-state index is 12.1. The number of sulfonamides is 1. The summed E-state index contributed by atoms with van der Waals surface area (Å²) in [7, 11) is -3.09. The van der Waals surface area contributed by atoms with E-state index in [9.17, 15) is 8.42 Å². The van der Waals surface area contributed by atoms with Crippen LogP contribution in [0, 0.1) is 0 Å². The Kier molecular flexibility index (Phi) is 5.27. The average Bonchev–Trinajstić information content (AvgIpc) is 2.55. The lowest BCUT2D eigenvalue weighted by atomic mass is 10.1. The Balaban J connectivity index is 1.69. The molecule has 1 aliphatic heterocycles. The molecular weight excluding hydrogens is 346 g/mol. The number of halogens is 1. The molecule has 24 heavy (non-hydrogen) atoms. The molecule has 3 rings (SSSR count). The van der Waals surface area contributed by atoms with Crippen molar-refractivity contribution in [3.63, 3.8) is 0 Å². The molecule has 0 bridgehead atoms. The maximum Gasteiger partial charge on any atom is 0.214 e. The summed E-state index contributed by atoms with van der Waals surface area (Å²) in [6.07, 6.45) is 4.04. The second-order valence-electron chi connectivity index (χ2n) is 6.15. The van der Waals surface area contributed by atoms with Gasteiger partial charge in [-0.3, -0.25) is 4.98 Å². The third-order valence-electron chi connectivity index (χ3n) is 4.37. The van der Waals surface area contributed by atoms with Gasteiger partial charge in [-0.2, -0.15) is 0 Å². The lowest BCUT2D eigenvalue weighted by Crippen LogP contribution is -2.43. The van der Waals surface area contributed by atoms with Crippen molar-refractivity contribution in [2.24, 2.45) is 0 Å². The molecule has 5 nitrogen and oxygen atoms in total. The minimum absolute atomic E-state index is 0.237. The topological polar surface area (TPSA) is 62.3 Å². The summed E-state index contributed by atoms with van der Waals surface area (Å²) in [5.41, 5.74) is 1.88. The van der Waals surface area contributed by atoms with Crippen LogP contribution in [0.3, 0.4) is 0 Å². The molecule has 1 aliphatic rings. The van der Waals surface area contributed by atoms with E-state index in [1.54, 1.807) is 10.5 Å². The maximum absolute atomic E-state index is 12.1. The minimum atomic E-state index is -3.09. The number of piperidine rings is 1. The number of pyridine rings is 1.